The molecule has 1 amide bonds. The highest BCUT2D eigenvalue weighted by Crippen LogP contribution is 2.20. The molecule has 0 spiro atoms. The molecule has 3 rings (SSSR count). The number of hydrogen-bond donors (Lipinski definition) is 1. The van der Waals surface area contributed by atoms with E-state index in [1.807, 2.05) is 17.9 Å². The first-order chi connectivity index (χ1) is 11.1. The number of carbonyl (C=O) groups excluding carboxylic acids is 1. The lowest BCUT2D eigenvalue weighted by atomic mass is 10.2. The van der Waals surface area contributed by atoms with Gasteiger partial charge in [0.05, 0.1) is 12.2 Å². The first-order valence-electron chi connectivity index (χ1n) is 7.56. The van der Waals surface area contributed by atoms with Crippen molar-refractivity contribution >= 4 is 40.5 Å². The van der Waals surface area contributed by atoms with Crippen molar-refractivity contribution in [1.82, 2.24) is 9.88 Å². The number of anilines is 2. The molecule has 5 nitrogen and oxygen atoms in total. The Morgan fingerprint density at radius 2 is 2.00 bits per heavy atom. The average Bonchev–Trinajstić information content (AvgIpc) is 2.93. The van der Waals surface area contributed by atoms with Crippen molar-refractivity contribution in [2.24, 2.45) is 0 Å². The minimum absolute atomic E-state index is 0. The minimum atomic E-state index is -0.196. The molecule has 0 atom stereocenters. The Morgan fingerprint density at radius 1 is 1.29 bits per heavy atom. The zero-order chi connectivity index (χ0) is 16.2. The van der Waals surface area contributed by atoms with E-state index >= 15 is 0 Å². The molecule has 130 valence electrons. The summed E-state index contributed by atoms with van der Waals surface area (Å²) in [5.74, 6) is -0.253. The summed E-state index contributed by atoms with van der Waals surface area (Å²) < 4.78 is 13.8. The molecule has 1 N–H and O–H groups in total. The van der Waals surface area contributed by atoms with Crippen LogP contribution in [-0.4, -0.2) is 48.5 Å². The maximum atomic E-state index is 13.8. The molecule has 1 aliphatic rings. The maximum Gasteiger partial charge on any atom is 0.240 e. The standard InChI is InChI=1S/C16H19FN4OS.ClH/c1-12-10-18-16(23-12)19-15(22)11-20-6-8-21(9-7-20)14-5-3-2-4-13(14)17;/h2-5,10H,6-9,11H2,1H3,(H,18,19,22);1H. The second-order valence-electron chi connectivity index (χ2n) is 5.54. The van der Waals surface area contributed by atoms with Gasteiger partial charge in [0.2, 0.25) is 5.91 Å². The lowest BCUT2D eigenvalue weighted by Gasteiger charge is -2.35. The Hall–Kier alpha value is -1.70. The number of para-hydroxylation sites is 1. The number of nitrogens with one attached hydrogen (secondary N) is 1. The number of aryl methyl sites for hydroxylation is 1. The third kappa shape index (κ3) is 4.66. The molecule has 1 fully saturated rings. The van der Waals surface area contributed by atoms with E-state index in [2.05, 4.69) is 15.2 Å². The molecule has 1 aliphatic heterocycles. The van der Waals surface area contributed by atoms with Crippen LogP contribution in [0.25, 0.3) is 0 Å². The SMILES string of the molecule is Cc1cnc(NC(=O)CN2CCN(c3ccccc3F)CC2)s1.Cl. The van der Waals surface area contributed by atoms with E-state index in [-0.39, 0.29) is 24.1 Å². The highest BCUT2D eigenvalue weighted by molar-refractivity contribution is 7.15. The number of hydrogen-bond acceptors (Lipinski definition) is 5. The van der Waals surface area contributed by atoms with E-state index in [4.69, 9.17) is 0 Å². The van der Waals surface area contributed by atoms with E-state index in [0.717, 1.165) is 18.0 Å². The fourth-order valence-electron chi connectivity index (χ4n) is 2.63. The van der Waals surface area contributed by atoms with Gasteiger partial charge in [-0.05, 0) is 19.1 Å². The van der Waals surface area contributed by atoms with Gasteiger partial charge in [0.25, 0.3) is 0 Å². The number of thiazole rings is 1. The van der Waals surface area contributed by atoms with E-state index in [1.165, 1.54) is 17.4 Å². The van der Waals surface area contributed by atoms with Crippen LogP contribution in [0.1, 0.15) is 4.88 Å². The highest BCUT2D eigenvalue weighted by Gasteiger charge is 2.21. The largest absolute Gasteiger partial charge is 0.367 e. The van der Waals surface area contributed by atoms with Gasteiger partial charge in [-0.3, -0.25) is 9.69 Å². The average molecular weight is 371 g/mol. The number of piperazine rings is 1. The topological polar surface area (TPSA) is 48.5 Å². The van der Waals surface area contributed by atoms with Crippen molar-refractivity contribution in [3.8, 4) is 0 Å². The Bertz CT molecular complexity index is 688. The summed E-state index contributed by atoms with van der Waals surface area (Å²) in [6.45, 7) is 5.19. The lowest BCUT2D eigenvalue weighted by molar-refractivity contribution is -0.117. The molecule has 0 bridgehead atoms. The van der Waals surface area contributed by atoms with Crippen molar-refractivity contribution in [3.63, 3.8) is 0 Å². The number of benzene rings is 1. The zero-order valence-corrected chi connectivity index (χ0v) is 15.0. The predicted molar refractivity (Wildman–Crippen MR) is 97.8 cm³/mol. The molecule has 1 aromatic carbocycles. The van der Waals surface area contributed by atoms with Gasteiger partial charge in [-0.1, -0.05) is 12.1 Å². The van der Waals surface area contributed by atoms with Crippen molar-refractivity contribution in [1.29, 1.82) is 0 Å². The van der Waals surface area contributed by atoms with Gasteiger partial charge in [0, 0.05) is 37.3 Å². The fourth-order valence-corrected chi connectivity index (χ4v) is 3.31. The Balaban J connectivity index is 0.00000208. The van der Waals surface area contributed by atoms with Crippen LogP contribution in [0.5, 0.6) is 0 Å². The molecule has 0 saturated carbocycles. The number of halogens is 2. The van der Waals surface area contributed by atoms with Crippen molar-refractivity contribution in [2.45, 2.75) is 6.92 Å². The lowest BCUT2D eigenvalue weighted by Crippen LogP contribution is -2.48. The van der Waals surface area contributed by atoms with Crippen molar-refractivity contribution < 1.29 is 9.18 Å². The normalized spacial score (nSPS) is 15.0. The van der Waals surface area contributed by atoms with Crippen LogP contribution in [0.3, 0.4) is 0 Å². The van der Waals surface area contributed by atoms with Gasteiger partial charge in [-0.15, -0.1) is 23.7 Å². The number of aromatic nitrogens is 1. The van der Waals surface area contributed by atoms with Crippen LogP contribution in [-0.2, 0) is 4.79 Å². The van der Waals surface area contributed by atoms with E-state index < -0.39 is 0 Å². The van der Waals surface area contributed by atoms with Crippen LogP contribution < -0.4 is 10.2 Å². The van der Waals surface area contributed by atoms with Gasteiger partial charge in [-0.2, -0.15) is 0 Å². The number of amides is 1. The third-order valence-corrected chi connectivity index (χ3v) is 4.63. The molecule has 2 heterocycles. The Kier molecular flexibility index (Phi) is 6.53. The molecule has 0 radical (unpaired) electrons. The summed E-state index contributed by atoms with van der Waals surface area (Å²) in [6, 6.07) is 6.81. The fraction of sp³-hybridized carbons (Fsp3) is 0.375. The van der Waals surface area contributed by atoms with Gasteiger partial charge < -0.3 is 10.2 Å². The molecular formula is C16H20ClFN4OS. The van der Waals surface area contributed by atoms with Gasteiger partial charge in [-0.25, -0.2) is 9.37 Å². The van der Waals surface area contributed by atoms with Crippen LogP contribution in [0.4, 0.5) is 15.2 Å². The molecule has 1 saturated heterocycles. The summed E-state index contributed by atoms with van der Waals surface area (Å²) >= 11 is 1.47. The van der Waals surface area contributed by atoms with E-state index in [1.54, 1.807) is 18.3 Å². The Labute approximate surface area is 150 Å². The van der Waals surface area contributed by atoms with Crippen molar-refractivity contribution in [3.05, 3.63) is 41.2 Å². The van der Waals surface area contributed by atoms with Gasteiger partial charge in [0.1, 0.15) is 5.82 Å². The van der Waals surface area contributed by atoms with Crippen LogP contribution >= 0.6 is 23.7 Å². The summed E-state index contributed by atoms with van der Waals surface area (Å²) in [5.41, 5.74) is 0.634. The molecule has 2 aromatic rings. The summed E-state index contributed by atoms with van der Waals surface area (Å²) in [5, 5.41) is 3.45. The van der Waals surface area contributed by atoms with Crippen LogP contribution in [0.2, 0.25) is 0 Å². The van der Waals surface area contributed by atoms with E-state index in [9.17, 15) is 9.18 Å². The smallest absolute Gasteiger partial charge is 0.240 e. The van der Waals surface area contributed by atoms with Crippen LogP contribution in [0, 0.1) is 12.7 Å². The maximum absolute atomic E-state index is 13.8. The van der Waals surface area contributed by atoms with Crippen LogP contribution in [0.15, 0.2) is 30.5 Å². The molecule has 0 unspecified atom stereocenters. The molecule has 8 heteroatoms. The summed E-state index contributed by atoms with van der Waals surface area (Å²) in [7, 11) is 0. The minimum Gasteiger partial charge on any atom is -0.367 e. The first-order valence-corrected chi connectivity index (χ1v) is 8.37. The van der Waals surface area contributed by atoms with Gasteiger partial charge >= 0.3 is 0 Å². The number of rotatable bonds is 4. The molecule has 1 aromatic heterocycles. The van der Waals surface area contributed by atoms with E-state index in [0.29, 0.717) is 30.5 Å². The third-order valence-electron chi connectivity index (χ3n) is 3.80. The second kappa shape index (κ2) is 8.41. The van der Waals surface area contributed by atoms with Crippen molar-refractivity contribution in [2.75, 3.05) is 42.9 Å². The Morgan fingerprint density at radius 3 is 2.62 bits per heavy atom. The monoisotopic (exact) mass is 370 g/mol. The van der Waals surface area contributed by atoms with Gasteiger partial charge in [0.15, 0.2) is 5.13 Å². The first kappa shape index (κ1) is 18.6. The predicted octanol–water partition coefficient (Wildman–Crippen LogP) is 2.77. The summed E-state index contributed by atoms with van der Waals surface area (Å²) in [6.07, 6.45) is 1.74. The molecule has 24 heavy (non-hydrogen) atoms. The number of nitrogens with zero attached hydrogens (tertiary/aromatic N) is 3. The second-order valence-corrected chi connectivity index (χ2v) is 6.77. The molecule has 0 aliphatic carbocycles. The summed E-state index contributed by atoms with van der Waals surface area (Å²) in [4.78, 5) is 21.3. The number of carbonyl (C=O) groups is 1. The quantitative estimate of drug-likeness (QED) is 0.899. The highest BCUT2D eigenvalue weighted by atomic mass is 35.5. The molecular weight excluding hydrogens is 351 g/mol. The zero-order valence-electron chi connectivity index (χ0n) is 13.4.